The van der Waals surface area contributed by atoms with Crippen LogP contribution >= 0.6 is 0 Å². The van der Waals surface area contributed by atoms with Crippen LogP contribution in [0.25, 0.3) is 0 Å². The van der Waals surface area contributed by atoms with Crippen molar-refractivity contribution in [2.45, 2.75) is 31.8 Å². The Balaban J connectivity index is 2.05. The molecule has 1 heterocycles. The lowest BCUT2D eigenvalue weighted by atomic mass is 10.2. The van der Waals surface area contributed by atoms with Gasteiger partial charge < -0.3 is 10.2 Å². The SMILES string of the molecule is C[C@H]1CNCC(=O)N1C1CC1. The molecule has 0 aromatic carbocycles. The molecule has 1 aliphatic heterocycles. The maximum Gasteiger partial charge on any atom is 0.237 e. The van der Waals surface area contributed by atoms with E-state index < -0.39 is 0 Å². The molecule has 3 nitrogen and oxygen atoms in total. The first-order valence-electron chi connectivity index (χ1n) is 4.31. The van der Waals surface area contributed by atoms with Crippen LogP contribution in [0, 0.1) is 0 Å². The smallest absolute Gasteiger partial charge is 0.237 e. The van der Waals surface area contributed by atoms with Gasteiger partial charge in [0, 0.05) is 18.6 Å². The number of amides is 1. The number of hydrogen-bond acceptors (Lipinski definition) is 2. The largest absolute Gasteiger partial charge is 0.335 e. The van der Waals surface area contributed by atoms with Crippen molar-refractivity contribution in [2.24, 2.45) is 0 Å². The van der Waals surface area contributed by atoms with E-state index in [4.69, 9.17) is 0 Å². The van der Waals surface area contributed by atoms with Gasteiger partial charge in [0.25, 0.3) is 0 Å². The lowest BCUT2D eigenvalue weighted by molar-refractivity contribution is -0.135. The average molecular weight is 154 g/mol. The van der Waals surface area contributed by atoms with Crippen LogP contribution in [0.4, 0.5) is 0 Å². The van der Waals surface area contributed by atoms with E-state index in [0.717, 1.165) is 6.54 Å². The van der Waals surface area contributed by atoms with Crippen molar-refractivity contribution >= 4 is 5.91 Å². The molecule has 11 heavy (non-hydrogen) atoms. The molecule has 0 radical (unpaired) electrons. The first kappa shape index (κ1) is 7.10. The van der Waals surface area contributed by atoms with Gasteiger partial charge >= 0.3 is 0 Å². The van der Waals surface area contributed by atoms with Gasteiger partial charge in [0.2, 0.25) is 5.91 Å². The predicted octanol–water partition coefficient (Wildman–Crippen LogP) is -0.0309. The molecule has 1 saturated heterocycles. The molecular weight excluding hydrogens is 140 g/mol. The number of hydrogen-bond donors (Lipinski definition) is 1. The van der Waals surface area contributed by atoms with Crippen LogP contribution in [0.2, 0.25) is 0 Å². The Kier molecular flexibility index (Phi) is 1.60. The van der Waals surface area contributed by atoms with Crippen molar-refractivity contribution < 1.29 is 4.79 Å². The van der Waals surface area contributed by atoms with Crippen molar-refractivity contribution in [3.8, 4) is 0 Å². The van der Waals surface area contributed by atoms with Crippen molar-refractivity contribution in [1.29, 1.82) is 0 Å². The molecule has 1 atom stereocenters. The summed E-state index contributed by atoms with van der Waals surface area (Å²) < 4.78 is 0. The number of carbonyl (C=O) groups is 1. The molecule has 0 spiro atoms. The lowest BCUT2D eigenvalue weighted by Crippen LogP contribution is -2.54. The minimum absolute atomic E-state index is 0.284. The van der Waals surface area contributed by atoms with Gasteiger partial charge in [0.05, 0.1) is 6.54 Å². The molecule has 3 heteroatoms. The summed E-state index contributed by atoms with van der Waals surface area (Å²) in [4.78, 5) is 13.4. The Morgan fingerprint density at radius 2 is 2.27 bits per heavy atom. The van der Waals surface area contributed by atoms with Gasteiger partial charge in [-0.25, -0.2) is 0 Å². The van der Waals surface area contributed by atoms with Crippen LogP contribution in [0.1, 0.15) is 19.8 Å². The molecule has 0 unspecified atom stereocenters. The van der Waals surface area contributed by atoms with Gasteiger partial charge in [-0.3, -0.25) is 4.79 Å². The summed E-state index contributed by atoms with van der Waals surface area (Å²) in [5, 5.41) is 3.11. The fourth-order valence-electron chi connectivity index (χ4n) is 1.74. The fourth-order valence-corrected chi connectivity index (χ4v) is 1.74. The Morgan fingerprint density at radius 3 is 2.82 bits per heavy atom. The highest BCUT2D eigenvalue weighted by molar-refractivity contribution is 5.80. The molecule has 2 fully saturated rings. The molecule has 1 N–H and O–H groups in total. The molecule has 1 aliphatic carbocycles. The first-order chi connectivity index (χ1) is 5.29. The molecule has 62 valence electrons. The molecule has 2 rings (SSSR count). The van der Waals surface area contributed by atoms with Crippen LogP contribution in [-0.2, 0) is 4.79 Å². The maximum absolute atomic E-state index is 11.3. The van der Waals surface area contributed by atoms with E-state index in [-0.39, 0.29) is 5.91 Å². The zero-order chi connectivity index (χ0) is 7.84. The molecule has 1 amide bonds. The van der Waals surface area contributed by atoms with Crippen molar-refractivity contribution in [3.63, 3.8) is 0 Å². The summed E-state index contributed by atoms with van der Waals surface area (Å²) >= 11 is 0. The molecule has 1 saturated carbocycles. The zero-order valence-corrected chi connectivity index (χ0v) is 6.84. The second-order valence-corrected chi connectivity index (χ2v) is 3.51. The second kappa shape index (κ2) is 2.48. The second-order valence-electron chi connectivity index (χ2n) is 3.51. The van der Waals surface area contributed by atoms with E-state index in [9.17, 15) is 4.79 Å². The van der Waals surface area contributed by atoms with E-state index in [2.05, 4.69) is 17.1 Å². The third-order valence-electron chi connectivity index (χ3n) is 2.42. The molecule has 0 aromatic heterocycles. The predicted molar refractivity (Wildman–Crippen MR) is 42.2 cm³/mol. The van der Waals surface area contributed by atoms with E-state index in [1.54, 1.807) is 0 Å². The van der Waals surface area contributed by atoms with Gasteiger partial charge in [0.15, 0.2) is 0 Å². The topological polar surface area (TPSA) is 32.3 Å². The minimum Gasteiger partial charge on any atom is -0.335 e. The third kappa shape index (κ3) is 1.25. The summed E-state index contributed by atoms with van der Waals surface area (Å²) in [6.45, 7) is 3.62. The molecular formula is C8H14N2O. The number of nitrogens with one attached hydrogen (secondary N) is 1. The Bertz CT molecular complexity index is 177. The van der Waals surface area contributed by atoms with Crippen LogP contribution in [-0.4, -0.2) is 36.0 Å². The number of carbonyl (C=O) groups excluding carboxylic acids is 1. The van der Waals surface area contributed by atoms with Crippen molar-refractivity contribution in [2.75, 3.05) is 13.1 Å². The monoisotopic (exact) mass is 154 g/mol. The minimum atomic E-state index is 0.284. The Labute approximate surface area is 66.8 Å². The van der Waals surface area contributed by atoms with E-state index in [1.807, 2.05) is 0 Å². The van der Waals surface area contributed by atoms with Crippen LogP contribution in [0.3, 0.4) is 0 Å². The quantitative estimate of drug-likeness (QED) is 0.575. The molecule has 0 aromatic rings. The Morgan fingerprint density at radius 1 is 1.55 bits per heavy atom. The fraction of sp³-hybridized carbons (Fsp3) is 0.875. The Hall–Kier alpha value is -0.570. The summed E-state index contributed by atoms with van der Waals surface area (Å²) in [5.41, 5.74) is 0. The standard InChI is InChI=1S/C8H14N2O/c1-6-4-9-5-8(11)10(6)7-2-3-7/h6-7,9H,2-5H2,1H3/t6-/m0/s1. The third-order valence-corrected chi connectivity index (χ3v) is 2.42. The lowest BCUT2D eigenvalue weighted by Gasteiger charge is -2.33. The van der Waals surface area contributed by atoms with Gasteiger partial charge in [-0.2, -0.15) is 0 Å². The number of nitrogens with zero attached hydrogens (tertiary/aromatic N) is 1. The van der Waals surface area contributed by atoms with E-state index in [0.29, 0.717) is 18.6 Å². The zero-order valence-electron chi connectivity index (χ0n) is 6.84. The van der Waals surface area contributed by atoms with E-state index in [1.165, 1.54) is 12.8 Å². The van der Waals surface area contributed by atoms with Crippen molar-refractivity contribution in [3.05, 3.63) is 0 Å². The molecule has 0 bridgehead atoms. The van der Waals surface area contributed by atoms with Gasteiger partial charge in [0.1, 0.15) is 0 Å². The number of piperazine rings is 1. The normalized spacial score (nSPS) is 32.6. The van der Waals surface area contributed by atoms with E-state index >= 15 is 0 Å². The highest BCUT2D eigenvalue weighted by Crippen LogP contribution is 2.29. The summed E-state index contributed by atoms with van der Waals surface area (Å²) in [6.07, 6.45) is 2.44. The summed E-state index contributed by atoms with van der Waals surface area (Å²) in [7, 11) is 0. The van der Waals surface area contributed by atoms with Gasteiger partial charge in [-0.15, -0.1) is 0 Å². The van der Waals surface area contributed by atoms with Gasteiger partial charge in [-0.05, 0) is 19.8 Å². The highest BCUT2D eigenvalue weighted by atomic mass is 16.2. The first-order valence-corrected chi connectivity index (χ1v) is 4.31. The van der Waals surface area contributed by atoms with Crippen LogP contribution in [0.5, 0.6) is 0 Å². The summed E-state index contributed by atoms with van der Waals surface area (Å²) in [6, 6.07) is 0.989. The van der Waals surface area contributed by atoms with Crippen molar-refractivity contribution in [1.82, 2.24) is 10.2 Å². The van der Waals surface area contributed by atoms with Gasteiger partial charge in [-0.1, -0.05) is 0 Å². The maximum atomic E-state index is 11.3. The highest BCUT2D eigenvalue weighted by Gasteiger charge is 2.36. The van der Waals surface area contributed by atoms with Crippen LogP contribution in [0.15, 0.2) is 0 Å². The summed E-state index contributed by atoms with van der Waals surface area (Å²) in [5.74, 6) is 0.284. The average Bonchev–Trinajstić information content (AvgIpc) is 2.70. The number of rotatable bonds is 1. The molecule has 2 aliphatic rings. The van der Waals surface area contributed by atoms with Crippen LogP contribution < -0.4 is 5.32 Å².